The summed E-state index contributed by atoms with van der Waals surface area (Å²) in [6.45, 7) is 5.29. The van der Waals surface area contributed by atoms with Crippen molar-refractivity contribution in [1.82, 2.24) is 10.4 Å². The summed E-state index contributed by atoms with van der Waals surface area (Å²) in [5, 5.41) is 3.62. The number of hydrogen-bond donors (Lipinski definition) is 1. The topological polar surface area (TPSA) is 67.9 Å². The van der Waals surface area contributed by atoms with Crippen LogP contribution in [-0.2, 0) is 14.4 Å². The molecule has 7 heteroatoms. The van der Waals surface area contributed by atoms with Crippen LogP contribution in [0.3, 0.4) is 0 Å². The van der Waals surface area contributed by atoms with Crippen molar-refractivity contribution >= 4 is 23.8 Å². The quantitative estimate of drug-likeness (QED) is 0.767. The second-order valence-corrected chi connectivity index (χ2v) is 5.58. The third-order valence-corrected chi connectivity index (χ3v) is 2.57. The normalized spacial score (nSPS) is 12.8. The molecule has 0 aliphatic carbocycles. The molecule has 0 aliphatic heterocycles. The van der Waals surface area contributed by atoms with Gasteiger partial charge in [0.05, 0.1) is 7.11 Å². The maximum absolute atomic E-state index is 11.9. The Bertz CT molecular complexity index is 291. The molecule has 0 saturated heterocycles. The summed E-state index contributed by atoms with van der Waals surface area (Å²) < 4.78 is 5.11. The number of likely N-dealkylation sites (N-methyl/N-ethyl adjacent to an activating group) is 1. The van der Waals surface area contributed by atoms with E-state index < -0.39 is 17.7 Å². The average molecular weight is 278 g/mol. The highest BCUT2D eigenvalue weighted by Gasteiger charge is 2.26. The molecule has 0 heterocycles. The van der Waals surface area contributed by atoms with Crippen molar-refractivity contribution in [2.24, 2.45) is 0 Å². The van der Waals surface area contributed by atoms with E-state index in [1.807, 2.05) is 6.26 Å². The van der Waals surface area contributed by atoms with Gasteiger partial charge in [-0.05, 0) is 27.0 Å². The van der Waals surface area contributed by atoms with Crippen LogP contribution in [0.15, 0.2) is 0 Å². The van der Waals surface area contributed by atoms with Crippen molar-refractivity contribution in [2.45, 2.75) is 32.4 Å². The van der Waals surface area contributed by atoms with Crippen LogP contribution in [0.5, 0.6) is 0 Å². The number of hydrogen-bond acceptors (Lipinski definition) is 5. The summed E-state index contributed by atoms with van der Waals surface area (Å²) in [4.78, 5) is 28.3. The van der Waals surface area contributed by atoms with Gasteiger partial charge in [-0.2, -0.15) is 11.8 Å². The lowest BCUT2D eigenvalue weighted by Crippen LogP contribution is -2.49. The maximum Gasteiger partial charge on any atom is 0.408 e. The molecule has 0 aromatic heterocycles. The molecule has 6 nitrogen and oxygen atoms in total. The molecule has 0 radical (unpaired) electrons. The molecule has 0 rings (SSSR count). The lowest BCUT2D eigenvalue weighted by molar-refractivity contribution is -0.170. The minimum absolute atomic E-state index is 0.322. The van der Waals surface area contributed by atoms with Gasteiger partial charge >= 0.3 is 6.09 Å². The Balaban J connectivity index is 4.53. The van der Waals surface area contributed by atoms with E-state index >= 15 is 0 Å². The van der Waals surface area contributed by atoms with Crippen molar-refractivity contribution in [3.63, 3.8) is 0 Å². The van der Waals surface area contributed by atoms with Gasteiger partial charge in [0.15, 0.2) is 0 Å². The van der Waals surface area contributed by atoms with Gasteiger partial charge in [0, 0.05) is 12.8 Å². The van der Waals surface area contributed by atoms with Gasteiger partial charge in [-0.1, -0.05) is 0 Å². The largest absolute Gasteiger partial charge is 0.444 e. The molecule has 0 aromatic rings. The van der Waals surface area contributed by atoms with E-state index in [1.54, 1.807) is 20.8 Å². The molecule has 0 aromatic carbocycles. The van der Waals surface area contributed by atoms with Crippen LogP contribution in [0.4, 0.5) is 4.79 Å². The second kappa shape index (κ2) is 7.48. The summed E-state index contributed by atoms with van der Waals surface area (Å²) in [5.74, 6) is 0.129. The van der Waals surface area contributed by atoms with Gasteiger partial charge < -0.3 is 10.1 Å². The predicted molar refractivity (Wildman–Crippen MR) is 71.3 cm³/mol. The van der Waals surface area contributed by atoms with Crippen molar-refractivity contribution in [3.05, 3.63) is 0 Å². The van der Waals surface area contributed by atoms with Gasteiger partial charge in [-0.15, -0.1) is 0 Å². The standard InChI is InChI=1S/C11H22N2O4S/c1-11(2,3)17-10(15)12-8(7-18-6)9(14)13(4)16-5/h8H,7H2,1-6H3,(H,12,15). The molecule has 106 valence electrons. The third-order valence-electron chi connectivity index (χ3n) is 1.91. The highest BCUT2D eigenvalue weighted by Crippen LogP contribution is 2.08. The summed E-state index contributed by atoms with van der Waals surface area (Å²) in [6.07, 6.45) is 1.24. The number of amides is 2. The molecule has 1 atom stereocenters. The molecule has 1 unspecified atom stereocenters. The number of ether oxygens (including phenoxy) is 1. The number of thioether (sulfide) groups is 1. The highest BCUT2D eigenvalue weighted by molar-refractivity contribution is 7.98. The average Bonchev–Trinajstić information content (AvgIpc) is 2.23. The molecule has 18 heavy (non-hydrogen) atoms. The molecule has 0 aliphatic rings. The van der Waals surface area contributed by atoms with Crippen molar-refractivity contribution < 1.29 is 19.2 Å². The number of alkyl carbamates (subject to hydrolysis) is 1. The fourth-order valence-electron chi connectivity index (χ4n) is 1.10. The zero-order valence-electron chi connectivity index (χ0n) is 11.8. The van der Waals surface area contributed by atoms with Crippen LogP contribution < -0.4 is 5.32 Å². The van der Waals surface area contributed by atoms with E-state index in [4.69, 9.17) is 9.57 Å². The molecular formula is C11H22N2O4S. The smallest absolute Gasteiger partial charge is 0.408 e. The van der Waals surface area contributed by atoms with Crippen molar-refractivity contribution in [2.75, 3.05) is 26.2 Å². The van der Waals surface area contributed by atoms with Gasteiger partial charge in [-0.25, -0.2) is 9.86 Å². The zero-order chi connectivity index (χ0) is 14.3. The number of carbonyl (C=O) groups is 2. The minimum Gasteiger partial charge on any atom is -0.444 e. The van der Waals surface area contributed by atoms with Crippen molar-refractivity contribution in [3.8, 4) is 0 Å². The summed E-state index contributed by atoms with van der Waals surface area (Å²) in [7, 11) is 2.88. The van der Waals surface area contributed by atoms with Crippen molar-refractivity contribution in [1.29, 1.82) is 0 Å². The lowest BCUT2D eigenvalue weighted by Gasteiger charge is -2.24. The van der Waals surface area contributed by atoms with E-state index in [0.717, 1.165) is 5.06 Å². The Morgan fingerprint density at radius 1 is 1.39 bits per heavy atom. The Hall–Kier alpha value is -0.950. The minimum atomic E-state index is -0.667. The van der Waals surface area contributed by atoms with E-state index in [-0.39, 0.29) is 5.91 Å². The van der Waals surface area contributed by atoms with Crippen LogP contribution in [0.2, 0.25) is 0 Å². The number of hydroxylamine groups is 2. The highest BCUT2D eigenvalue weighted by atomic mass is 32.2. The number of nitrogens with zero attached hydrogens (tertiary/aromatic N) is 1. The molecule has 0 saturated carbocycles. The van der Waals surface area contributed by atoms with E-state index in [1.165, 1.54) is 25.9 Å². The van der Waals surface area contributed by atoms with Gasteiger partial charge in [0.1, 0.15) is 11.6 Å². The Morgan fingerprint density at radius 2 is 1.94 bits per heavy atom. The van der Waals surface area contributed by atoms with Gasteiger partial charge in [0.2, 0.25) is 0 Å². The van der Waals surface area contributed by atoms with Gasteiger partial charge in [-0.3, -0.25) is 9.63 Å². The Kier molecular flexibility index (Phi) is 7.08. The maximum atomic E-state index is 11.9. The first kappa shape index (κ1) is 17.1. The number of carbonyl (C=O) groups excluding carboxylic acids is 2. The van der Waals surface area contributed by atoms with Crippen LogP contribution in [0.1, 0.15) is 20.8 Å². The molecule has 0 spiro atoms. The number of rotatable bonds is 5. The van der Waals surface area contributed by atoms with Crippen LogP contribution in [0, 0.1) is 0 Å². The molecule has 2 amide bonds. The third kappa shape index (κ3) is 6.70. The fourth-order valence-corrected chi connectivity index (χ4v) is 1.66. The molecule has 1 N–H and O–H groups in total. The fraction of sp³-hybridized carbons (Fsp3) is 0.818. The monoisotopic (exact) mass is 278 g/mol. The Labute approximate surface area is 112 Å². The van der Waals surface area contributed by atoms with Crippen LogP contribution in [0.25, 0.3) is 0 Å². The van der Waals surface area contributed by atoms with Crippen LogP contribution in [-0.4, -0.2) is 54.9 Å². The molecule has 0 fully saturated rings. The second-order valence-electron chi connectivity index (χ2n) is 4.67. The summed E-state index contributed by atoms with van der Waals surface area (Å²) >= 11 is 1.45. The first-order chi connectivity index (χ1) is 8.21. The zero-order valence-corrected chi connectivity index (χ0v) is 12.6. The van der Waals surface area contributed by atoms with Crippen LogP contribution >= 0.6 is 11.8 Å². The summed E-state index contributed by atoms with van der Waals surface area (Å²) in [5.41, 5.74) is -0.593. The van der Waals surface area contributed by atoms with E-state index in [0.29, 0.717) is 5.75 Å². The predicted octanol–water partition coefficient (Wildman–Crippen LogP) is 1.26. The number of nitrogens with one attached hydrogen (secondary N) is 1. The Morgan fingerprint density at radius 3 is 2.33 bits per heavy atom. The van der Waals surface area contributed by atoms with E-state index in [9.17, 15) is 9.59 Å². The SMILES string of the molecule is CON(C)C(=O)C(CSC)NC(=O)OC(C)(C)C. The lowest BCUT2D eigenvalue weighted by atomic mass is 10.2. The van der Waals surface area contributed by atoms with E-state index in [2.05, 4.69) is 5.32 Å². The first-order valence-corrected chi connectivity index (χ1v) is 6.90. The van der Waals surface area contributed by atoms with Gasteiger partial charge in [0.25, 0.3) is 5.91 Å². The molecular weight excluding hydrogens is 256 g/mol. The first-order valence-electron chi connectivity index (χ1n) is 5.51. The molecule has 0 bridgehead atoms. The summed E-state index contributed by atoms with van der Waals surface area (Å²) in [6, 6.07) is -0.667.